The zero-order chi connectivity index (χ0) is 18.2. The smallest absolute Gasteiger partial charge is 0.251 e. The molecule has 0 atom stereocenters. The Morgan fingerprint density at radius 2 is 1.48 bits per heavy atom. The van der Waals surface area contributed by atoms with Gasteiger partial charge in [0.1, 0.15) is 5.69 Å². The normalized spacial score (nSPS) is 15.7. The fourth-order valence-corrected chi connectivity index (χ4v) is 3.65. The molecule has 0 bridgehead atoms. The number of halogens is 3. The van der Waals surface area contributed by atoms with Gasteiger partial charge in [-0.2, -0.15) is 13.2 Å². The summed E-state index contributed by atoms with van der Waals surface area (Å²) in [7, 11) is -3.26. The van der Waals surface area contributed by atoms with Gasteiger partial charge in [0, 0.05) is 12.5 Å². The molecular weight excluding hydrogens is 351 g/mol. The van der Waals surface area contributed by atoms with Gasteiger partial charge >= 0.3 is 6.18 Å². The van der Waals surface area contributed by atoms with Crippen LogP contribution in [-0.4, -0.2) is 19.7 Å². The summed E-state index contributed by atoms with van der Waals surface area (Å²) < 4.78 is 61.1. The van der Waals surface area contributed by atoms with E-state index in [1.54, 1.807) is 24.3 Å². The van der Waals surface area contributed by atoms with Crippen LogP contribution in [-0.2, 0) is 16.0 Å². The summed E-state index contributed by atoms with van der Waals surface area (Å²) >= 11 is 0. The molecule has 1 aliphatic rings. The van der Waals surface area contributed by atoms with Crippen molar-refractivity contribution in [1.82, 2.24) is 4.98 Å². The Morgan fingerprint density at radius 3 is 1.96 bits per heavy atom. The van der Waals surface area contributed by atoms with E-state index < -0.39 is 21.7 Å². The number of allylic oxidation sites excluding steroid dienone is 2. The second kappa shape index (κ2) is 6.29. The Labute approximate surface area is 144 Å². The van der Waals surface area contributed by atoms with Crippen molar-refractivity contribution in [2.24, 2.45) is 0 Å². The van der Waals surface area contributed by atoms with E-state index in [9.17, 15) is 21.6 Å². The lowest BCUT2D eigenvalue weighted by Gasteiger charge is -2.10. The van der Waals surface area contributed by atoms with E-state index in [1.807, 2.05) is 0 Å². The molecule has 1 aromatic carbocycles. The number of benzene rings is 1. The van der Waals surface area contributed by atoms with Gasteiger partial charge < -0.3 is 0 Å². The Kier molecular flexibility index (Phi) is 4.45. The van der Waals surface area contributed by atoms with Gasteiger partial charge in [-0.3, -0.25) is 4.98 Å². The summed E-state index contributed by atoms with van der Waals surface area (Å²) in [4.78, 5) is 3.77. The summed E-state index contributed by atoms with van der Waals surface area (Å²) in [6.07, 6.45) is 0.418. The maximum atomic E-state index is 12.6. The van der Waals surface area contributed by atoms with Crippen LogP contribution in [0.25, 0.3) is 11.1 Å². The second-order valence-electron chi connectivity index (χ2n) is 6.04. The molecule has 0 saturated heterocycles. The van der Waals surface area contributed by atoms with Gasteiger partial charge in [0.25, 0.3) is 0 Å². The van der Waals surface area contributed by atoms with E-state index in [1.165, 1.54) is 12.3 Å². The van der Waals surface area contributed by atoms with Crippen molar-refractivity contribution >= 4 is 21.0 Å². The van der Waals surface area contributed by atoms with E-state index in [0.29, 0.717) is 5.56 Å². The number of rotatable bonds is 3. The molecule has 1 heterocycles. The van der Waals surface area contributed by atoms with E-state index >= 15 is 0 Å². The topological polar surface area (TPSA) is 47.0 Å². The Balaban J connectivity index is 1.97. The molecule has 3 nitrogen and oxygen atoms in total. The van der Waals surface area contributed by atoms with Gasteiger partial charge in [-0.05, 0) is 59.7 Å². The van der Waals surface area contributed by atoms with Gasteiger partial charge in [0.2, 0.25) is 0 Å². The summed E-state index contributed by atoms with van der Waals surface area (Å²) in [5.41, 5.74) is 2.65. The van der Waals surface area contributed by atoms with Crippen molar-refractivity contribution in [3.63, 3.8) is 0 Å². The van der Waals surface area contributed by atoms with Crippen LogP contribution in [0, 0.1) is 0 Å². The fraction of sp³-hybridized carbons (Fsp3) is 0.278. The molecule has 0 saturated carbocycles. The van der Waals surface area contributed by atoms with E-state index in [2.05, 4.69) is 4.98 Å². The third-order valence-electron chi connectivity index (χ3n) is 4.25. The zero-order valence-corrected chi connectivity index (χ0v) is 14.3. The molecule has 0 spiro atoms. The van der Waals surface area contributed by atoms with Gasteiger partial charge in [-0.25, -0.2) is 8.42 Å². The van der Waals surface area contributed by atoms with Crippen molar-refractivity contribution in [2.75, 3.05) is 6.26 Å². The van der Waals surface area contributed by atoms with Crippen molar-refractivity contribution in [1.29, 1.82) is 0 Å². The number of pyridine rings is 1. The van der Waals surface area contributed by atoms with Gasteiger partial charge in [-0.15, -0.1) is 0 Å². The van der Waals surface area contributed by atoms with Gasteiger partial charge in [0.05, 0.1) is 4.90 Å². The standard InChI is InChI=1S/C18H16F3NO2S/c1-25(23,24)14-8-5-12(6-9-14)15-3-2-4-16(15)13-7-10-17(22-11-13)18(19,20)21/h5-11H,2-4H2,1H3. The van der Waals surface area contributed by atoms with Crippen LogP contribution >= 0.6 is 0 Å². The number of hydrogen-bond donors (Lipinski definition) is 0. The summed E-state index contributed by atoms with van der Waals surface area (Å²) in [6, 6.07) is 9.03. The fourth-order valence-electron chi connectivity index (χ4n) is 3.02. The minimum Gasteiger partial charge on any atom is -0.251 e. The number of aromatic nitrogens is 1. The average Bonchev–Trinajstić information content (AvgIpc) is 3.03. The van der Waals surface area contributed by atoms with Crippen molar-refractivity contribution < 1.29 is 21.6 Å². The lowest BCUT2D eigenvalue weighted by Crippen LogP contribution is -2.07. The molecule has 25 heavy (non-hydrogen) atoms. The molecule has 0 aliphatic heterocycles. The number of alkyl halides is 3. The molecule has 1 aliphatic carbocycles. The van der Waals surface area contributed by atoms with E-state index in [4.69, 9.17) is 0 Å². The summed E-state index contributed by atoms with van der Waals surface area (Å²) in [5.74, 6) is 0. The molecule has 0 radical (unpaired) electrons. The minimum absolute atomic E-state index is 0.243. The lowest BCUT2D eigenvalue weighted by molar-refractivity contribution is -0.141. The first kappa shape index (κ1) is 17.7. The van der Waals surface area contributed by atoms with Crippen LogP contribution in [0.3, 0.4) is 0 Å². The molecule has 2 aromatic rings. The molecule has 0 N–H and O–H groups in total. The molecule has 1 aromatic heterocycles. The quantitative estimate of drug-likeness (QED) is 0.797. The molecule has 3 rings (SSSR count). The highest BCUT2D eigenvalue weighted by Gasteiger charge is 2.32. The van der Waals surface area contributed by atoms with E-state index in [-0.39, 0.29) is 4.90 Å². The highest BCUT2D eigenvalue weighted by atomic mass is 32.2. The number of sulfone groups is 1. The van der Waals surface area contributed by atoms with Crippen molar-refractivity contribution in [3.05, 3.63) is 59.4 Å². The predicted octanol–water partition coefficient (Wildman–Crippen LogP) is 4.60. The van der Waals surface area contributed by atoms with Crippen LogP contribution in [0.2, 0.25) is 0 Å². The molecule has 0 unspecified atom stereocenters. The molecule has 132 valence electrons. The Hall–Kier alpha value is -2.15. The van der Waals surface area contributed by atoms with Crippen LogP contribution in [0.15, 0.2) is 47.5 Å². The molecule has 7 heteroatoms. The predicted molar refractivity (Wildman–Crippen MR) is 89.5 cm³/mol. The molecule has 0 fully saturated rings. The number of nitrogens with zero attached hydrogens (tertiary/aromatic N) is 1. The maximum Gasteiger partial charge on any atom is 0.433 e. The van der Waals surface area contributed by atoms with Crippen LogP contribution in [0.1, 0.15) is 36.1 Å². The third kappa shape index (κ3) is 3.76. The second-order valence-corrected chi connectivity index (χ2v) is 8.05. The lowest BCUT2D eigenvalue weighted by atomic mass is 9.98. The van der Waals surface area contributed by atoms with E-state index in [0.717, 1.165) is 48.3 Å². The highest BCUT2D eigenvalue weighted by Crippen LogP contribution is 2.40. The zero-order valence-electron chi connectivity index (χ0n) is 13.5. The monoisotopic (exact) mass is 367 g/mol. The summed E-state index contributed by atoms with van der Waals surface area (Å²) in [6.45, 7) is 0. The van der Waals surface area contributed by atoms with Crippen LogP contribution in [0.4, 0.5) is 13.2 Å². The SMILES string of the molecule is CS(=O)(=O)c1ccc(C2=C(c3ccc(C(F)(F)F)nc3)CCC2)cc1. The minimum atomic E-state index is -4.45. The largest absolute Gasteiger partial charge is 0.433 e. The van der Waals surface area contributed by atoms with Crippen LogP contribution in [0.5, 0.6) is 0 Å². The first-order valence-corrected chi connectivity index (χ1v) is 9.61. The first-order chi connectivity index (χ1) is 11.7. The van der Waals surface area contributed by atoms with Gasteiger partial charge in [-0.1, -0.05) is 18.2 Å². The van der Waals surface area contributed by atoms with Crippen molar-refractivity contribution in [3.8, 4) is 0 Å². The average molecular weight is 367 g/mol. The Bertz CT molecular complexity index is 912. The third-order valence-corrected chi connectivity index (χ3v) is 5.38. The highest BCUT2D eigenvalue weighted by molar-refractivity contribution is 7.90. The Morgan fingerprint density at radius 1 is 0.920 bits per heavy atom. The summed E-state index contributed by atoms with van der Waals surface area (Å²) in [5, 5.41) is 0. The maximum absolute atomic E-state index is 12.6. The first-order valence-electron chi connectivity index (χ1n) is 7.72. The molecular formula is C18H16F3NO2S. The van der Waals surface area contributed by atoms with Gasteiger partial charge in [0.15, 0.2) is 9.84 Å². The number of hydrogen-bond acceptors (Lipinski definition) is 3. The molecule has 0 amide bonds. The van der Waals surface area contributed by atoms with Crippen molar-refractivity contribution in [2.45, 2.75) is 30.3 Å². The van der Waals surface area contributed by atoms with Crippen LogP contribution < -0.4 is 0 Å².